The third kappa shape index (κ3) is 2.69. The third-order valence-corrected chi connectivity index (χ3v) is 5.96. The Balaban J connectivity index is 1.28. The maximum absolute atomic E-state index is 5.12. The number of rotatable bonds is 6. The van der Waals surface area contributed by atoms with Crippen molar-refractivity contribution in [3.63, 3.8) is 0 Å². The Kier molecular flexibility index (Phi) is 3.75. The Hall–Kier alpha value is -2.33. The number of hydrogen-bond donors (Lipinski definition) is 0. The summed E-state index contributed by atoms with van der Waals surface area (Å²) >= 11 is 1.58. The fraction of sp³-hybridized carbons (Fsp3) is 0.562. The molecule has 10 heteroatoms. The lowest BCUT2D eigenvalue weighted by Gasteiger charge is -2.44. The molecule has 136 valence electrons. The normalized spacial score (nSPS) is 17.7. The Morgan fingerprint density at radius 1 is 1.19 bits per heavy atom. The summed E-state index contributed by atoms with van der Waals surface area (Å²) in [5, 5.41) is 23.6. The van der Waals surface area contributed by atoms with Gasteiger partial charge in [0.25, 0.3) is 0 Å². The zero-order valence-electron chi connectivity index (χ0n) is 14.7. The standard InChI is InChI=1S/C16H20N8OS/c1-22(16-20-18-14(26-16)9-25-2)11-7-23(8-11)13-6-5-12-17-19-15(10-3-4-10)24(12)21-13/h5-6,10-11H,3-4,7-9H2,1-2H3. The van der Waals surface area contributed by atoms with Gasteiger partial charge in [-0.1, -0.05) is 11.3 Å². The zero-order valence-corrected chi connectivity index (χ0v) is 15.6. The average molecular weight is 372 g/mol. The van der Waals surface area contributed by atoms with Crippen LogP contribution < -0.4 is 9.80 Å². The number of fused-ring (bicyclic) bond motifs is 1. The maximum Gasteiger partial charge on any atom is 0.208 e. The molecule has 1 saturated carbocycles. The average Bonchev–Trinajstić information content (AvgIpc) is 3.18. The van der Waals surface area contributed by atoms with Gasteiger partial charge in [-0.05, 0) is 25.0 Å². The minimum atomic E-state index is 0.402. The van der Waals surface area contributed by atoms with Crippen molar-refractivity contribution < 1.29 is 4.74 Å². The highest BCUT2D eigenvalue weighted by Crippen LogP contribution is 2.39. The smallest absolute Gasteiger partial charge is 0.208 e. The Labute approximate surface area is 154 Å². The number of ether oxygens (including phenoxy) is 1. The number of aromatic nitrogens is 6. The first kappa shape index (κ1) is 15.9. The molecule has 5 rings (SSSR count). The second-order valence-electron chi connectivity index (χ2n) is 6.88. The molecule has 1 aliphatic carbocycles. The largest absolute Gasteiger partial charge is 0.377 e. The van der Waals surface area contributed by atoms with Crippen LogP contribution in [0, 0.1) is 0 Å². The van der Waals surface area contributed by atoms with Crippen molar-refractivity contribution >= 4 is 27.9 Å². The molecule has 0 atom stereocenters. The van der Waals surface area contributed by atoms with Crippen molar-refractivity contribution in [2.45, 2.75) is 31.4 Å². The van der Waals surface area contributed by atoms with E-state index in [9.17, 15) is 0 Å². The van der Waals surface area contributed by atoms with E-state index in [2.05, 4.69) is 37.2 Å². The molecule has 0 bridgehead atoms. The maximum atomic E-state index is 5.12. The second-order valence-corrected chi connectivity index (χ2v) is 7.92. The van der Waals surface area contributed by atoms with Crippen molar-refractivity contribution in [2.24, 2.45) is 0 Å². The highest BCUT2D eigenvalue weighted by molar-refractivity contribution is 7.15. The summed E-state index contributed by atoms with van der Waals surface area (Å²) in [6.07, 6.45) is 2.38. The molecule has 3 aromatic heterocycles. The molecule has 2 fully saturated rings. The van der Waals surface area contributed by atoms with Crippen molar-refractivity contribution in [2.75, 3.05) is 37.0 Å². The third-order valence-electron chi connectivity index (χ3n) is 4.98. The van der Waals surface area contributed by atoms with Gasteiger partial charge in [0.05, 0.1) is 6.04 Å². The predicted octanol–water partition coefficient (Wildman–Crippen LogP) is 1.32. The first-order valence-corrected chi connectivity index (χ1v) is 9.56. The lowest BCUT2D eigenvalue weighted by atomic mass is 10.1. The molecule has 26 heavy (non-hydrogen) atoms. The van der Waals surface area contributed by atoms with E-state index in [-0.39, 0.29) is 0 Å². The number of methoxy groups -OCH3 is 1. The molecule has 1 saturated heterocycles. The molecule has 0 amide bonds. The van der Waals surface area contributed by atoms with E-state index in [0.717, 1.165) is 40.5 Å². The minimum absolute atomic E-state index is 0.402. The van der Waals surface area contributed by atoms with Crippen LogP contribution in [0.1, 0.15) is 29.6 Å². The SMILES string of the molecule is COCc1nnc(N(C)C2CN(c3ccc4nnc(C5CC5)n4n3)C2)s1. The molecule has 3 aromatic rings. The molecular weight excluding hydrogens is 352 g/mol. The van der Waals surface area contributed by atoms with Crippen molar-refractivity contribution in [3.8, 4) is 0 Å². The van der Waals surface area contributed by atoms with E-state index >= 15 is 0 Å². The summed E-state index contributed by atoms with van der Waals surface area (Å²) in [5.41, 5.74) is 0.823. The van der Waals surface area contributed by atoms with E-state index in [0.29, 0.717) is 18.6 Å². The van der Waals surface area contributed by atoms with Gasteiger partial charge in [-0.2, -0.15) is 4.52 Å². The van der Waals surface area contributed by atoms with Crippen molar-refractivity contribution in [3.05, 3.63) is 23.0 Å². The first-order chi connectivity index (χ1) is 12.7. The topological polar surface area (TPSA) is 84.6 Å². The lowest BCUT2D eigenvalue weighted by molar-refractivity contribution is 0.184. The summed E-state index contributed by atoms with van der Waals surface area (Å²) < 4.78 is 7.02. The number of anilines is 2. The van der Waals surface area contributed by atoms with Crippen LogP contribution in [0.25, 0.3) is 5.65 Å². The Bertz CT molecular complexity index is 929. The molecule has 4 heterocycles. The highest BCUT2D eigenvalue weighted by Gasteiger charge is 2.34. The Morgan fingerprint density at radius 3 is 2.81 bits per heavy atom. The molecule has 0 radical (unpaired) electrons. The van der Waals surface area contributed by atoms with Crippen LogP contribution in [-0.4, -0.2) is 63.3 Å². The van der Waals surface area contributed by atoms with Crippen molar-refractivity contribution in [1.29, 1.82) is 0 Å². The molecule has 0 N–H and O–H groups in total. The Morgan fingerprint density at radius 2 is 2.04 bits per heavy atom. The van der Waals surface area contributed by atoms with Crippen LogP contribution in [0.4, 0.5) is 10.9 Å². The molecule has 0 aromatic carbocycles. The molecule has 0 unspecified atom stereocenters. The molecule has 2 aliphatic rings. The van der Waals surface area contributed by atoms with Crippen LogP contribution in [0.2, 0.25) is 0 Å². The van der Waals surface area contributed by atoms with Gasteiger partial charge in [-0.25, -0.2) is 0 Å². The molecular formula is C16H20N8OS. The van der Waals surface area contributed by atoms with Gasteiger partial charge in [0.15, 0.2) is 11.5 Å². The quantitative estimate of drug-likeness (QED) is 0.641. The molecule has 0 spiro atoms. The number of nitrogens with zero attached hydrogens (tertiary/aromatic N) is 8. The van der Waals surface area contributed by atoms with Gasteiger partial charge in [-0.15, -0.1) is 25.5 Å². The molecule has 1 aliphatic heterocycles. The summed E-state index contributed by atoms with van der Waals surface area (Å²) in [6, 6.07) is 4.43. The van der Waals surface area contributed by atoms with Gasteiger partial charge in [0.2, 0.25) is 5.13 Å². The fourth-order valence-corrected chi connectivity index (χ4v) is 4.02. The van der Waals surface area contributed by atoms with E-state index in [4.69, 9.17) is 9.84 Å². The van der Waals surface area contributed by atoms with Crippen LogP contribution in [-0.2, 0) is 11.3 Å². The van der Waals surface area contributed by atoms with E-state index in [1.165, 1.54) is 12.8 Å². The summed E-state index contributed by atoms with van der Waals surface area (Å²) in [7, 11) is 3.74. The number of hydrogen-bond acceptors (Lipinski definition) is 9. The van der Waals surface area contributed by atoms with Crippen LogP contribution in [0.5, 0.6) is 0 Å². The monoisotopic (exact) mass is 372 g/mol. The van der Waals surface area contributed by atoms with Gasteiger partial charge < -0.3 is 14.5 Å². The minimum Gasteiger partial charge on any atom is -0.377 e. The van der Waals surface area contributed by atoms with Crippen LogP contribution >= 0.6 is 11.3 Å². The molecule has 9 nitrogen and oxygen atoms in total. The number of likely N-dealkylation sites (N-methyl/N-ethyl adjacent to an activating group) is 1. The van der Waals surface area contributed by atoms with E-state index in [1.54, 1.807) is 18.4 Å². The van der Waals surface area contributed by atoms with Gasteiger partial charge >= 0.3 is 0 Å². The first-order valence-electron chi connectivity index (χ1n) is 8.74. The van der Waals surface area contributed by atoms with Gasteiger partial charge in [0, 0.05) is 33.2 Å². The van der Waals surface area contributed by atoms with E-state index in [1.807, 2.05) is 16.6 Å². The summed E-state index contributed by atoms with van der Waals surface area (Å²) in [4.78, 5) is 4.47. The van der Waals surface area contributed by atoms with Gasteiger partial charge in [-0.3, -0.25) is 0 Å². The summed E-state index contributed by atoms with van der Waals surface area (Å²) in [5.74, 6) is 2.50. The highest BCUT2D eigenvalue weighted by atomic mass is 32.1. The zero-order chi connectivity index (χ0) is 17.7. The summed E-state index contributed by atoms with van der Waals surface area (Å²) in [6.45, 7) is 2.33. The van der Waals surface area contributed by atoms with Crippen LogP contribution in [0.15, 0.2) is 12.1 Å². The second kappa shape index (κ2) is 6.13. The fourth-order valence-electron chi connectivity index (χ4n) is 3.17. The van der Waals surface area contributed by atoms with E-state index < -0.39 is 0 Å². The van der Waals surface area contributed by atoms with Crippen molar-refractivity contribution in [1.82, 2.24) is 30.0 Å². The van der Waals surface area contributed by atoms with Crippen LogP contribution in [0.3, 0.4) is 0 Å². The van der Waals surface area contributed by atoms with Gasteiger partial charge in [0.1, 0.15) is 17.4 Å². The lowest BCUT2D eigenvalue weighted by Crippen LogP contribution is -2.59. The predicted molar refractivity (Wildman–Crippen MR) is 97.8 cm³/mol.